The highest BCUT2D eigenvalue weighted by Crippen LogP contribution is 2.21. The summed E-state index contributed by atoms with van der Waals surface area (Å²) in [5.74, 6) is 0.535. The lowest BCUT2D eigenvalue weighted by Gasteiger charge is -2.05. The maximum Gasteiger partial charge on any atom is 0.168 e. The fourth-order valence-electron chi connectivity index (χ4n) is 1.03. The van der Waals surface area contributed by atoms with E-state index in [1.54, 1.807) is 0 Å². The molecule has 0 heterocycles. The van der Waals surface area contributed by atoms with Gasteiger partial charge in [0.05, 0.1) is 0 Å². The smallest absolute Gasteiger partial charge is 0.168 e. The number of rotatable bonds is 1. The topological polar surface area (TPSA) is 29.5 Å². The fraction of sp³-hybridized carbons (Fsp3) is 0.333. The van der Waals surface area contributed by atoms with Gasteiger partial charge in [0.1, 0.15) is 0 Å². The summed E-state index contributed by atoms with van der Waals surface area (Å²) in [7, 11) is 0. The predicted octanol–water partition coefficient (Wildman–Crippen LogP) is 2.46. The molecule has 0 radical (unpaired) electrons. The van der Waals surface area contributed by atoms with E-state index in [2.05, 4.69) is 4.89 Å². The van der Waals surface area contributed by atoms with Crippen molar-refractivity contribution in [2.45, 2.75) is 20.8 Å². The van der Waals surface area contributed by atoms with E-state index in [1.165, 1.54) is 5.56 Å². The highest BCUT2D eigenvalue weighted by Gasteiger charge is 2.01. The van der Waals surface area contributed by atoms with Gasteiger partial charge in [-0.25, -0.2) is 5.26 Å². The Morgan fingerprint density at radius 2 is 1.55 bits per heavy atom. The van der Waals surface area contributed by atoms with Gasteiger partial charge in [0.2, 0.25) is 0 Å². The molecule has 1 rings (SSSR count). The normalized spacial score (nSPS) is 9.82. The van der Waals surface area contributed by atoms with Gasteiger partial charge in [0.15, 0.2) is 5.75 Å². The lowest BCUT2D eigenvalue weighted by Crippen LogP contribution is -1.90. The van der Waals surface area contributed by atoms with Crippen LogP contribution in [0, 0.1) is 20.8 Å². The van der Waals surface area contributed by atoms with Crippen LogP contribution in [0.2, 0.25) is 0 Å². The van der Waals surface area contributed by atoms with Crippen LogP contribution in [-0.4, -0.2) is 5.26 Å². The van der Waals surface area contributed by atoms with Crippen LogP contribution in [0.25, 0.3) is 0 Å². The molecule has 1 aromatic rings. The molecule has 60 valence electrons. The molecule has 0 saturated heterocycles. The molecular weight excluding hydrogens is 140 g/mol. The zero-order chi connectivity index (χ0) is 8.43. The molecule has 2 nitrogen and oxygen atoms in total. The predicted molar refractivity (Wildman–Crippen MR) is 43.9 cm³/mol. The molecule has 0 aliphatic heterocycles. The Morgan fingerprint density at radius 3 is 2.09 bits per heavy atom. The van der Waals surface area contributed by atoms with Crippen molar-refractivity contribution in [1.82, 2.24) is 0 Å². The summed E-state index contributed by atoms with van der Waals surface area (Å²) < 4.78 is 0. The second-order valence-electron chi connectivity index (χ2n) is 2.79. The van der Waals surface area contributed by atoms with Crippen LogP contribution in [0.4, 0.5) is 0 Å². The molecule has 11 heavy (non-hydrogen) atoms. The van der Waals surface area contributed by atoms with Crippen LogP contribution >= 0.6 is 0 Å². The zero-order valence-electron chi connectivity index (χ0n) is 7.01. The Morgan fingerprint density at radius 1 is 1.00 bits per heavy atom. The summed E-state index contributed by atoms with van der Waals surface area (Å²) in [6.45, 7) is 5.92. The molecule has 1 N–H and O–H groups in total. The lowest BCUT2D eigenvalue weighted by atomic mass is 10.1. The van der Waals surface area contributed by atoms with Crippen molar-refractivity contribution in [3.63, 3.8) is 0 Å². The SMILES string of the molecule is Cc1cc(C)c(OO)cc1C. The highest BCUT2D eigenvalue weighted by molar-refractivity contribution is 5.40. The number of hydrogen-bond acceptors (Lipinski definition) is 2. The summed E-state index contributed by atoms with van der Waals surface area (Å²) >= 11 is 0. The van der Waals surface area contributed by atoms with Crippen molar-refractivity contribution in [3.8, 4) is 5.75 Å². The summed E-state index contributed by atoms with van der Waals surface area (Å²) in [5.41, 5.74) is 3.29. The van der Waals surface area contributed by atoms with E-state index in [0.29, 0.717) is 5.75 Å². The molecule has 0 atom stereocenters. The Labute approximate surface area is 66.4 Å². The van der Waals surface area contributed by atoms with E-state index in [1.807, 2.05) is 32.9 Å². The van der Waals surface area contributed by atoms with Crippen LogP contribution in [0.5, 0.6) is 5.75 Å². The van der Waals surface area contributed by atoms with Gasteiger partial charge < -0.3 is 4.89 Å². The average Bonchev–Trinajstić information content (AvgIpc) is 1.97. The van der Waals surface area contributed by atoms with E-state index < -0.39 is 0 Å². The molecule has 0 aromatic heterocycles. The summed E-state index contributed by atoms with van der Waals surface area (Å²) in [5, 5.41) is 8.43. The van der Waals surface area contributed by atoms with Gasteiger partial charge >= 0.3 is 0 Å². The maximum atomic E-state index is 8.43. The molecule has 0 fully saturated rings. The Hall–Kier alpha value is -1.02. The molecule has 0 spiro atoms. The summed E-state index contributed by atoms with van der Waals surface area (Å²) in [6.07, 6.45) is 0. The van der Waals surface area contributed by atoms with Gasteiger partial charge in [-0.1, -0.05) is 6.07 Å². The number of benzene rings is 1. The Balaban J connectivity index is 3.21. The van der Waals surface area contributed by atoms with Gasteiger partial charge in [-0.3, -0.25) is 0 Å². The van der Waals surface area contributed by atoms with Crippen LogP contribution in [0.1, 0.15) is 16.7 Å². The monoisotopic (exact) mass is 152 g/mol. The number of hydrogen-bond donors (Lipinski definition) is 1. The second-order valence-corrected chi connectivity index (χ2v) is 2.79. The van der Waals surface area contributed by atoms with Crippen molar-refractivity contribution in [1.29, 1.82) is 0 Å². The third-order valence-corrected chi connectivity index (χ3v) is 1.89. The van der Waals surface area contributed by atoms with Crippen LogP contribution < -0.4 is 4.89 Å². The maximum absolute atomic E-state index is 8.43. The molecule has 0 amide bonds. The fourth-order valence-corrected chi connectivity index (χ4v) is 1.03. The van der Waals surface area contributed by atoms with Gasteiger partial charge in [0, 0.05) is 0 Å². The molecular formula is C9H12O2. The second kappa shape index (κ2) is 2.93. The van der Waals surface area contributed by atoms with Crippen molar-refractivity contribution in [2.24, 2.45) is 0 Å². The molecule has 0 aliphatic carbocycles. The molecule has 0 unspecified atom stereocenters. The van der Waals surface area contributed by atoms with Crippen LogP contribution in [0.3, 0.4) is 0 Å². The summed E-state index contributed by atoms with van der Waals surface area (Å²) in [4.78, 5) is 4.18. The minimum Gasteiger partial charge on any atom is -0.340 e. The largest absolute Gasteiger partial charge is 0.340 e. The molecule has 2 heteroatoms. The first-order valence-corrected chi connectivity index (χ1v) is 3.54. The first kappa shape index (κ1) is 8.08. The van der Waals surface area contributed by atoms with E-state index in [0.717, 1.165) is 11.1 Å². The van der Waals surface area contributed by atoms with Gasteiger partial charge in [-0.2, -0.15) is 0 Å². The zero-order valence-corrected chi connectivity index (χ0v) is 7.01. The quantitative estimate of drug-likeness (QED) is 0.494. The third kappa shape index (κ3) is 1.52. The average molecular weight is 152 g/mol. The minimum atomic E-state index is 0.535. The van der Waals surface area contributed by atoms with Crippen LogP contribution in [0.15, 0.2) is 12.1 Å². The van der Waals surface area contributed by atoms with Crippen molar-refractivity contribution < 1.29 is 10.1 Å². The highest BCUT2D eigenvalue weighted by atomic mass is 17.1. The Kier molecular flexibility index (Phi) is 2.15. The Bertz CT molecular complexity index is 267. The van der Waals surface area contributed by atoms with E-state index >= 15 is 0 Å². The van der Waals surface area contributed by atoms with E-state index in [-0.39, 0.29) is 0 Å². The van der Waals surface area contributed by atoms with E-state index in [9.17, 15) is 0 Å². The first-order chi connectivity index (χ1) is 5.15. The summed E-state index contributed by atoms with van der Waals surface area (Å²) in [6, 6.07) is 3.81. The molecule has 1 aromatic carbocycles. The standard InChI is InChI=1S/C9H12O2/c1-6-4-8(3)9(11-10)5-7(6)2/h4-5,10H,1-3H3. The van der Waals surface area contributed by atoms with Gasteiger partial charge in [-0.05, 0) is 43.5 Å². The van der Waals surface area contributed by atoms with Gasteiger partial charge in [0.25, 0.3) is 0 Å². The third-order valence-electron chi connectivity index (χ3n) is 1.89. The molecule has 0 aliphatic rings. The molecule has 0 saturated carbocycles. The number of aryl methyl sites for hydroxylation is 3. The minimum absolute atomic E-state index is 0.535. The van der Waals surface area contributed by atoms with Crippen LogP contribution in [-0.2, 0) is 0 Å². The van der Waals surface area contributed by atoms with Crippen molar-refractivity contribution in [3.05, 3.63) is 28.8 Å². The van der Waals surface area contributed by atoms with E-state index in [4.69, 9.17) is 5.26 Å². The lowest BCUT2D eigenvalue weighted by molar-refractivity contribution is -0.138. The molecule has 0 bridgehead atoms. The van der Waals surface area contributed by atoms with Crippen molar-refractivity contribution >= 4 is 0 Å². The van der Waals surface area contributed by atoms with Gasteiger partial charge in [-0.15, -0.1) is 0 Å². The van der Waals surface area contributed by atoms with Crippen molar-refractivity contribution in [2.75, 3.05) is 0 Å². The first-order valence-electron chi connectivity index (χ1n) is 3.54.